The second-order valence-corrected chi connectivity index (χ2v) is 4.18. The molecule has 0 heterocycles. The number of benzene rings is 1. The van der Waals surface area contributed by atoms with Gasteiger partial charge in [-0.25, -0.2) is 13.6 Å². The minimum atomic E-state index is -0.860. The zero-order chi connectivity index (χ0) is 13.7. The van der Waals surface area contributed by atoms with Crippen LogP contribution < -0.4 is 10.6 Å². The standard InChI is InChI=1S/C11H11ClF2N2O2/c1-6(12)10(17)16-11(18)15-5-7-4-8(13)2-3-9(7)14/h2-4,6H,5H2,1H3,(H2,15,16,17,18). The third kappa shape index (κ3) is 4.29. The van der Waals surface area contributed by atoms with E-state index in [-0.39, 0.29) is 12.1 Å². The van der Waals surface area contributed by atoms with Gasteiger partial charge in [-0.2, -0.15) is 0 Å². The Morgan fingerprint density at radius 3 is 2.67 bits per heavy atom. The smallest absolute Gasteiger partial charge is 0.321 e. The van der Waals surface area contributed by atoms with E-state index in [4.69, 9.17) is 11.6 Å². The lowest BCUT2D eigenvalue weighted by atomic mass is 10.2. The molecule has 1 aromatic rings. The van der Waals surface area contributed by atoms with Crippen LogP contribution in [-0.2, 0) is 11.3 Å². The largest absolute Gasteiger partial charge is 0.334 e. The Balaban J connectivity index is 2.52. The highest BCUT2D eigenvalue weighted by Gasteiger charge is 2.13. The predicted octanol–water partition coefficient (Wildman–Crippen LogP) is 1.92. The van der Waals surface area contributed by atoms with E-state index in [0.717, 1.165) is 18.2 Å². The summed E-state index contributed by atoms with van der Waals surface area (Å²) in [6.07, 6.45) is 0. The van der Waals surface area contributed by atoms with E-state index in [9.17, 15) is 18.4 Å². The minimum absolute atomic E-state index is 0.0171. The average Bonchev–Trinajstić information content (AvgIpc) is 2.30. The molecule has 0 aliphatic carbocycles. The molecule has 3 amide bonds. The Labute approximate surface area is 107 Å². The number of alkyl halides is 1. The molecule has 18 heavy (non-hydrogen) atoms. The molecule has 0 bridgehead atoms. The van der Waals surface area contributed by atoms with Crippen molar-refractivity contribution in [2.45, 2.75) is 18.8 Å². The highest BCUT2D eigenvalue weighted by Crippen LogP contribution is 2.08. The Kier molecular flexibility index (Phi) is 5.03. The lowest BCUT2D eigenvalue weighted by molar-refractivity contribution is -0.119. The van der Waals surface area contributed by atoms with Crippen molar-refractivity contribution in [2.75, 3.05) is 0 Å². The van der Waals surface area contributed by atoms with Gasteiger partial charge >= 0.3 is 6.03 Å². The number of halogens is 3. The van der Waals surface area contributed by atoms with Gasteiger partial charge in [-0.1, -0.05) is 0 Å². The maximum atomic E-state index is 13.2. The SMILES string of the molecule is CC(Cl)C(=O)NC(=O)NCc1cc(F)ccc1F. The third-order valence-corrected chi connectivity index (χ3v) is 2.24. The maximum absolute atomic E-state index is 13.2. The summed E-state index contributed by atoms with van der Waals surface area (Å²) in [4.78, 5) is 22.3. The number of hydrogen-bond acceptors (Lipinski definition) is 2. The van der Waals surface area contributed by atoms with Gasteiger partial charge in [-0.05, 0) is 25.1 Å². The molecule has 1 rings (SSSR count). The quantitative estimate of drug-likeness (QED) is 0.829. The number of nitrogens with one attached hydrogen (secondary N) is 2. The van der Waals surface area contributed by atoms with Crippen molar-refractivity contribution < 1.29 is 18.4 Å². The second kappa shape index (κ2) is 6.30. The van der Waals surface area contributed by atoms with Gasteiger partial charge in [-0.3, -0.25) is 10.1 Å². The number of hydrogen-bond donors (Lipinski definition) is 2. The van der Waals surface area contributed by atoms with Crippen LogP contribution in [0.15, 0.2) is 18.2 Å². The van der Waals surface area contributed by atoms with Gasteiger partial charge < -0.3 is 5.32 Å². The molecule has 0 fully saturated rings. The first kappa shape index (κ1) is 14.4. The number of rotatable bonds is 3. The predicted molar refractivity (Wildman–Crippen MR) is 62.1 cm³/mol. The topological polar surface area (TPSA) is 58.2 Å². The van der Waals surface area contributed by atoms with E-state index in [1.54, 1.807) is 0 Å². The van der Waals surface area contributed by atoms with E-state index in [0.29, 0.717) is 0 Å². The van der Waals surface area contributed by atoms with Gasteiger partial charge in [0.1, 0.15) is 17.0 Å². The number of carbonyl (C=O) groups excluding carboxylic acids is 2. The fourth-order valence-electron chi connectivity index (χ4n) is 1.11. The molecule has 0 spiro atoms. The number of amides is 3. The van der Waals surface area contributed by atoms with Gasteiger partial charge in [0.15, 0.2) is 0 Å². The molecule has 0 radical (unpaired) electrons. The summed E-state index contributed by atoms with van der Waals surface area (Å²) >= 11 is 5.43. The Bertz CT molecular complexity index is 466. The Morgan fingerprint density at radius 1 is 1.39 bits per heavy atom. The summed E-state index contributed by atoms with van der Waals surface area (Å²) < 4.78 is 26.0. The molecule has 1 aromatic carbocycles. The minimum Gasteiger partial charge on any atom is -0.334 e. The molecule has 2 N–H and O–H groups in total. The normalized spacial score (nSPS) is 11.8. The van der Waals surface area contributed by atoms with Crippen LogP contribution in [0.5, 0.6) is 0 Å². The second-order valence-electron chi connectivity index (χ2n) is 3.52. The molecule has 1 atom stereocenters. The van der Waals surface area contributed by atoms with E-state index in [1.165, 1.54) is 6.92 Å². The van der Waals surface area contributed by atoms with Gasteiger partial charge in [-0.15, -0.1) is 11.6 Å². The highest BCUT2D eigenvalue weighted by molar-refractivity contribution is 6.31. The highest BCUT2D eigenvalue weighted by atomic mass is 35.5. The molecule has 0 aliphatic heterocycles. The van der Waals surface area contributed by atoms with Crippen molar-refractivity contribution in [1.29, 1.82) is 0 Å². The fraction of sp³-hybridized carbons (Fsp3) is 0.273. The van der Waals surface area contributed by atoms with Gasteiger partial charge in [0.2, 0.25) is 5.91 Å². The summed E-state index contributed by atoms with van der Waals surface area (Å²) in [6.45, 7) is 1.16. The molecule has 4 nitrogen and oxygen atoms in total. The van der Waals surface area contributed by atoms with E-state index in [2.05, 4.69) is 5.32 Å². The van der Waals surface area contributed by atoms with Crippen molar-refractivity contribution in [1.82, 2.24) is 10.6 Å². The van der Waals surface area contributed by atoms with E-state index in [1.807, 2.05) is 5.32 Å². The molecule has 0 saturated heterocycles. The molecular formula is C11H11ClF2N2O2. The summed E-state index contributed by atoms with van der Waals surface area (Å²) in [7, 11) is 0. The van der Waals surface area contributed by atoms with Gasteiger partial charge in [0, 0.05) is 12.1 Å². The Hall–Kier alpha value is -1.69. The number of urea groups is 1. The summed E-state index contributed by atoms with van der Waals surface area (Å²) in [5, 5.41) is 3.30. The van der Waals surface area contributed by atoms with Gasteiger partial charge in [0.05, 0.1) is 0 Å². The average molecular weight is 277 g/mol. The Morgan fingerprint density at radius 2 is 2.06 bits per heavy atom. The van der Waals surface area contributed by atoms with Crippen LogP contribution in [0, 0.1) is 11.6 Å². The van der Waals surface area contributed by atoms with Crippen molar-refractivity contribution >= 4 is 23.5 Å². The molecule has 1 unspecified atom stereocenters. The summed E-state index contributed by atoms with van der Waals surface area (Å²) in [6, 6.07) is 2.06. The maximum Gasteiger partial charge on any atom is 0.321 e. The first-order valence-corrected chi connectivity index (χ1v) is 5.50. The van der Waals surface area contributed by atoms with Crippen molar-refractivity contribution in [3.8, 4) is 0 Å². The van der Waals surface area contributed by atoms with Gasteiger partial charge in [0.25, 0.3) is 0 Å². The summed E-state index contributed by atoms with van der Waals surface area (Å²) in [5.41, 5.74) is -0.0171. The van der Waals surface area contributed by atoms with Crippen molar-refractivity contribution in [3.63, 3.8) is 0 Å². The summed E-state index contributed by atoms with van der Waals surface area (Å²) in [5.74, 6) is -1.93. The van der Waals surface area contributed by atoms with Crippen LogP contribution in [0.3, 0.4) is 0 Å². The lowest BCUT2D eigenvalue weighted by Gasteiger charge is -2.08. The van der Waals surface area contributed by atoms with Crippen molar-refractivity contribution in [3.05, 3.63) is 35.4 Å². The number of imide groups is 1. The molecule has 0 aromatic heterocycles. The molecule has 0 saturated carbocycles. The van der Waals surface area contributed by atoms with Crippen LogP contribution >= 0.6 is 11.6 Å². The molecule has 98 valence electrons. The van der Waals surface area contributed by atoms with Crippen LogP contribution in [0.4, 0.5) is 13.6 Å². The molecular weight excluding hydrogens is 266 g/mol. The van der Waals surface area contributed by atoms with Crippen LogP contribution in [-0.4, -0.2) is 17.3 Å². The van der Waals surface area contributed by atoms with E-state index < -0.39 is 28.9 Å². The first-order valence-electron chi connectivity index (χ1n) is 5.07. The van der Waals surface area contributed by atoms with Crippen LogP contribution in [0.1, 0.15) is 12.5 Å². The zero-order valence-electron chi connectivity index (χ0n) is 9.47. The molecule has 0 aliphatic rings. The third-order valence-electron chi connectivity index (χ3n) is 2.05. The zero-order valence-corrected chi connectivity index (χ0v) is 10.2. The fourth-order valence-corrected chi connectivity index (χ4v) is 1.16. The molecule has 7 heteroatoms. The lowest BCUT2D eigenvalue weighted by Crippen LogP contribution is -2.42. The first-order chi connectivity index (χ1) is 8.40. The monoisotopic (exact) mass is 276 g/mol. The van der Waals surface area contributed by atoms with Crippen LogP contribution in [0.2, 0.25) is 0 Å². The number of carbonyl (C=O) groups is 2. The van der Waals surface area contributed by atoms with Crippen LogP contribution in [0.25, 0.3) is 0 Å². The van der Waals surface area contributed by atoms with E-state index >= 15 is 0 Å². The van der Waals surface area contributed by atoms with Crippen molar-refractivity contribution in [2.24, 2.45) is 0 Å².